The molecule has 1 aromatic heterocycles. The first kappa shape index (κ1) is 8.42. The van der Waals surface area contributed by atoms with E-state index in [-0.39, 0.29) is 5.91 Å². The highest BCUT2D eigenvalue weighted by molar-refractivity contribution is 7.03. The first-order chi connectivity index (χ1) is 5.25. The van der Waals surface area contributed by atoms with Gasteiger partial charge in [-0.3, -0.25) is 4.79 Å². The monoisotopic (exact) mass is 191 g/mol. The Hall–Kier alpha value is -0.680. The molecule has 0 fully saturated rings. The average Bonchev–Trinajstić information content (AvgIpc) is 2.53. The quantitative estimate of drug-likeness (QED) is 0.696. The zero-order valence-electron chi connectivity index (χ0n) is 5.74. The van der Waals surface area contributed by atoms with E-state index in [1.54, 1.807) is 5.38 Å². The highest BCUT2D eigenvalue weighted by Gasteiger charge is 2.18. The number of amides is 1. The SMILES string of the molecule is CNC(=O)[C@H](Cl)c1csnn1. The lowest BCUT2D eigenvalue weighted by Gasteiger charge is -2.01. The Labute approximate surface area is 72.7 Å². The molecule has 1 aromatic rings. The summed E-state index contributed by atoms with van der Waals surface area (Å²) in [6, 6.07) is 0. The van der Waals surface area contributed by atoms with Gasteiger partial charge in [-0.2, -0.15) is 0 Å². The molecular formula is C5H6ClN3OS. The summed E-state index contributed by atoms with van der Waals surface area (Å²) in [5, 5.41) is 7.00. The Kier molecular flexibility index (Phi) is 2.78. The zero-order valence-corrected chi connectivity index (χ0v) is 7.32. The second kappa shape index (κ2) is 3.64. The largest absolute Gasteiger partial charge is 0.358 e. The molecule has 6 heteroatoms. The molecule has 0 bridgehead atoms. The number of hydrogen-bond acceptors (Lipinski definition) is 4. The minimum atomic E-state index is -0.723. The van der Waals surface area contributed by atoms with Crippen LogP contribution in [0.25, 0.3) is 0 Å². The van der Waals surface area contributed by atoms with Crippen LogP contribution in [0.2, 0.25) is 0 Å². The fourth-order valence-electron chi connectivity index (χ4n) is 0.543. The zero-order chi connectivity index (χ0) is 8.27. The van der Waals surface area contributed by atoms with Gasteiger partial charge in [0.25, 0.3) is 0 Å². The minimum absolute atomic E-state index is 0.264. The highest BCUT2D eigenvalue weighted by Crippen LogP contribution is 2.18. The predicted octanol–water partition coefficient (Wildman–Crippen LogP) is 0.564. The molecule has 0 unspecified atom stereocenters. The summed E-state index contributed by atoms with van der Waals surface area (Å²) in [5.74, 6) is -0.264. The van der Waals surface area contributed by atoms with Crippen molar-refractivity contribution in [2.75, 3.05) is 7.05 Å². The number of nitrogens with one attached hydrogen (secondary N) is 1. The van der Waals surface area contributed by atoms with E-state index in [9.17, 15) is 4.79 Å². The van der Waals surface area contributed by atoms with E-state index in [2.05, 4.69) is 14.9 Å². The van der Waals surface area contributed by atoms with E-state index < -0.39 is 5.38 Å². The molecule has 0 saturated carbocycles. The van der Waals surface area contributed by atoms with Crippen LogP contribution in [0.3, 0.4) is 0 Å². The molecule has 0 radical (unpaired) electrons. The van der Waals surface area contributed by atoms with E-state index in [1.807, 2.05) is 0 Å². The summed E-state index contributed by atoms with van der Waals surface area (Å²) in [4.78, 5) is 10.9. The third-order valence-corrected chi connectivity index (χ3v) is 2.06. The molecule has 0 aromatic carbocycles. The Bertz CT molecular complexity index is 238. The summed E-state index contributed by atoms with van der Waals surface area (Å²) in [6.07, 6.45) is 0. The van der Waals surface area contributed by atoms with Gasteiger partial charge in [0.05, 0.1) is 0 Å². The van der Waals surface area contributed by atoms with Gasteiger partial charge in [-0.05, 0) is 11.5 Å². The maximum atomic E-state index is 10.9. The third-order valence-electron chi connectivity index (χ3n) is 1.11. The van der Waals surface area contributed by atoms with Crippen molar-refractivity contribution >= 4 is 29.0 Å². The van der Waals surface area contributed by atoms with Gasteiger partial charge >= 0.3 is 0 Å². The molecule has 1 atom stereocenters. The number of nitrogens with zero attached hydrogens (tertiary/aromatic N) is 2. The van der Waals surface area contributed by atoms with Gasteiger partial charge < -0.3 is 5.32 Å². The second-order valence-corrected chi connectivity index (χ2v) is 2.85. The number of aromatic nitrogens is 2. The van der Waals surface area contributed by atoms with E-state index in [4.69, 9.17) is 11.6 Å². The van der Waals surface area contributed by atoms with Crippen LogP contribution in [-0.4, -0.2) is 22.5 Å². The molecule has 0 aliphatic carbocycles. The lowest BCUT2D eigenvalue weighted by atomic mass is 10.3. The molecule has 1 heterocycles. The van der Waals surface area contributed by atoms with Crippen LogP contribution in [0.1, 0.15) is 11.1 Å². The lowest BCUT2D eigenvalue weighted by Crippen LogP contribution is -2.22. The summed E-state index contributed by atoms with van der Waals surface area (Å²) in [7, 11) is 1.53. The van der Waals surface area contributed by atoms with E-state index in [0.29, 0.717) is 5.69 Å². The molecule has 0 aliphatic rings. The maximum Gasteiger partial charge on any atom is 0.244 e. The van der Waals surface area contributed by atoms with Crippen molar-refractivity contribution in [1.29, 1.82) is 0 Å². The number of halogens is 1. The van der Waals surface area contributed by atoms with E-state index in [0.717, 1.165) is 0 Å². The highest BCUT2D eigenvalue weighted by atomic mass is 35.5. The first-order valence-corrected chi connectivity index (χ1v) is 4.15. The first-order valence-electron chi connectivity index (χ1n) is 2.88. The molecular weight excluding hydrogens is 186 g/mol. The number of alkyl halides is 1. The van der Waals surface area contributed by atoms with Gasteiger partial charge in [-0.25, -0.2) is 0 Å². The third kappa shape index (κ3) is 1.87. The molecule has 0 aliphatic heterocycles. The molecule has 1 amide bonds. The summed E-state index contributed by atoms with van der Waals surface area (Å²) < 4.78 is 3.59. The summed E-state index contributed by atoms with van der Waals surface area (Å²) in [6.45, 7) is 0. The van der Waals surface area contributed by atoms with Crippen molar-refractivity contribution in [2.45, 2.75) is 5.38 Å². The normalized spacial score (nSPS) is 12.5. The summed E-state index contributed by atoms with van der Waals surface area (Å²) in [5.41, 5.74) is 0.496. The number of rotatable bonds is 2. The summed E-state index contributed by atoms with van der Waals surface area (Å²) >= 11 is 6.86. The van der Waals surface area contributed by atoms with Crippen LogP contribution < -0.4 is 5.32 Å². The van der Waals surface area contributed by atoms with Gasteiger partial charge in [-0.1, -0.05) is 4.49 Å². The Balaban J connectivity index is 2.70. The van der Waals surface area contributed by atoms with E-state index >= 15 is 0 Å². The van der Waals surface area contributed by atoms with Crippen LogP contribution in [-0.2, 0) is 4.79 Å². The van der Waals surface area contributed by atoms with Crippen molar-refractivity contribution in [1.82, 2.24) is 14.9 Å². The van der Waals surface area contributed by atoms with Gasteiger partial charge in [0, 0.05) is 12.4 Å². The van der Waals surface area contributed by atoms with Gasteiger partial charge in [0.1, 0.15) is 5.69 Å². The van der Waals surface area contributed by atoms with Crippen molar-refractivity contribution in [3.63, 3.8) is 0 Å². The predicted molar refractivity (Wildman–Crippen MR) is 42.6 cm³/mol. The van der Waals surface area contributed by atoms with Crippen LogP contribution in [0.4, 0.5) is 0 Å². The fourth-order valence-corrected chi connectivity index (χ4v) is 1.31. The van der Waals surface area contributed by atoms with E-state index in [1.165, 1.54) is 18.6 Å². The molecule has 0 saturated heterocycles. The molecule has 60 valence electrons. The number of carbonyl (C=O) groups excluding carboxylic acids is 1. The molecule has 1 rings (SSSR count). The molecule has 1 N–H and O–H groups in total. The van der Waals surface area contributed by atoms with Gasteiger partial charge in [0.15, 0.2) is 5.38 Å². The Morgan fingerprint density at radius 1 is 1.91 bits per heavy atom. The van der Waals surface area contributed by atoms with Crippen LogP contribution >= 0.6 is 23.1 Å². The molecule has 0 spiro atoms. The van der Waals surface area contributed by atoms with Crippen LogP contribution in [0, 0.1) is 0 Å². The van der Waals surface area contributed by atoms with Crippen LogP contribution in [0.5, 0.6) is 0 Å². The topological polar surface area (TPSA) is 54.9 Å². The fraction of sp³-hybridized carbons (Fsp3) is 0.400. The van der Waals surface area contributed by atoms with Crippen molar-refractivity contribution < 1.29 is 4.79 Å². The standard InChI is InChI=1S/C5H6ClN3OS/c1-7-5(10)4(6)3-2-11-9-8-3/h2,4H,1H3,(H,7,10)/t4-/m1/s1. The van der Waals surface area contributed by atoms with Gasteiger partial charge in [0.2, 0.25) is 5.91 Å². The lowest BCUT2D eigenvalue weighted by molar-refractivity contribution is -0.120. The maximum absolute atomic E-state index is 10.9. The Morgan fingerprint density at radius 2 is 2.64 bits per heavy atom. The minimum Gasteiger partial charge on any atom is -0.358 e. The van der Waals surface area contributed by atoms with Crippen molar-refractivity contribution in [2.24, 2.45) is 0 Å². The average molecular weight is 192 g/mol. The molecule has 11 heavy (non-hydrogen) atoms. The molecule has 4 nitrogen and oxygen atoms in total. The number of carbonyl (C=O) groups is 1. The smallest absolute Gasteiger partial charge is 0.244 e. The second-order valence-electron chi connectivity index (χ2n) is 1.81. The Morgan fingerprint density at radius 3 is 3.09 bits per heavy atom. The van der Waals surface area contributed by atoms with Gasteiger partial charge in [-0.15, -0.1) is 16.7 Å². The van der Waals surface area contributed by atoms with Crippen LogP contribution in [0.15, 0.2) is 5.38 Å². The van der Waals surface area contributed by atoms with Crippen molar-refractivity contribution in [3.8, 4) is 0 Å². The number of hydrogen-bond donors (Lipinski definition) is 1. The van der Waals surface area contributed by atoms with Crippen molar-refractivity contribution in [3.05, 3.63) is 11.1 Å². The number of likely N-dealkylation sites (N-methyl/N-ethyl adjacent to an activating group) is 1.